The molecule has 0 unspecified atom stereocenters. The van der Waals surface area contributed by atoms with E-state index in [2.05, 4.69) is 12.1 Å². The van der Waals surface area contributed by atoms with Gasteiger partial charge in [-0.1, -0.05) is 32.9 Å². The molecule has 0 aliphatic carbocycles. The van der Waals surface area contributed by atoms with Gasteiger partial charge in [-0.15, -0.1) is 0 Å². The second-order valence-electron chi connectivity index (χ2n) is 6.53. The van der Waals surface area contributed by atoms with E-state index in [1.165, 1.54) is 0 Å². The molecule has 0 radical (unpaired) electrons. The molecule has 24 heavy (non-hydrogen) atoms. The van der Waals surface area contributed by atoms with Crippen molar-refractivity contribution in [3.8, 4) is 17.9 Å². The van der Waals surface area contributed by atoms with E-state index >= 15 is 0 Å². The first-order valence-corrected chi connectivity index (χ1v) is 7.78. The molecular weight excluding hydrogens is 302 g/mol. The van der Waals surface area contributed by atoms with E-state index in [1.807, 2.05) is 52.0 Å². The number of rotatable bonds is 3. The number of benzene rings is 1. The van der Waals surface area contributed by atoms with Gasteiger partial charge in [0.15, 0.2) is 0 Å². The Hall–Kier alpha value is -2.92. The predicted molar refractivity (Wildman–Crippen MR) is 90.4 cm³/mol. The smallest absolute Gasteiger partial charge is 0.205 e. The fourth-order valence-corrected chi connectivity index (χ4v) is 2.69. The normalized spacial score (nSPS) is 17.8. The minimum absolute atomic E-state index is 0.0558. The topological polar surface area (TPSA) is 92.1 Å². The summed E-state index contributed by atoms with van der Waals surface area (Å²) in [6.45, 7) is 8.32. The molecule has 1 aliphatic rings. The van der Waals surface area contributed by atoms with Crippen LogP contribution in [0.15, 0.2) is 47.1 Å². The van der Waals surface area contributed by atoms with Gasteiger partial charge in [0, 0.05) is 5.41 Å². The minimum Gasteiger partial charge on any atom is -0.494 e. The lowest BCUT2D eigenvalue weighted by atomic mass is 9.79. The van der Waals surface area contributed by atoms with Gasteiger partial charge in [0.1, 0.15) is 23.2 Å². The first-order valence-electron chi connectivity index (χ1n) is 7.78. The van der Waals surface area contributed by atoms with Crippen molar-refractivity contribution < 1.29 is 9.47 Å². The summed E-state index contributed by atoms with van der Waals surface area (Å²) in [5.74, 6) is 0.765. The van der Waals surface area contributed by atoms with Crippen molar-refractivity contribution in [1.82, 2.24) is 0 Å². The van der Waals surface area contributed by atoms with Crippen molar-refractivity contribution in [2.24, 2.45) is 11.1 Å². The standard InChI is InChI=1S/C19H21N3O2/c1-5-23-13-8-6-12(7-9-13)16-14(10-20)17(19(2,3)4)24-18(22)15(16)11-21/h6-9,16H,5,22H2,1-4H3/t16-/m0/s1. The van der Waals surface area contributed by atoms with E-state index in [0.717, 1.165) is 11.3 Å². The molecule has 0 spiro atoms. The zero-order valence-electron chi connectivity index (χ0n) is 14.4. The lowest BCUT2D eigenvalue weighted by molar-refractivity contribution is 0.199. The van der Waals surface area contributed by atoms with Gasteiger partial charge >= 0.3 is 0 Å². The Morgan fingerprint density at radius 1 is 1.12 bits per heavy atom. The highest BCUT2D eigenvalue weighted by Crippen LogP contribution is 2.44. The maximum Gasteiger partial charge on any atom is 0.205 e. The quantitative estimate of drug-likeness (QED) is 0.915. The molecule has 1 aromatic rings. The molecule has 1 atom stereocenters. The third-order valence-electron chi connectivity index (χ3n) is 3.75. The Balaban J connectivity index is 2.61. The Kier molecular flexibility index (Phi) is 4.85. The van der Waals surface area contributed by atoms with Crippen molar-refractivity contribution in [2.45, 2.75) is 33.6 Å². The van der Waals surface area contributed by atoms with Crippen LogP contribution in [0.3, 0.4) is 0 Å². The van der Waals surface area contributed by atoms with Gasteiger partial charge in [-0.3, -0.25) is 0 Å². The zero-order chi connectivity index (χ0) is 17.9. The van der Waals surface area contributed by atoms with Crippen LogP contribution < -0.4 is 10.5 Å². The van der Waals surface area contributed by atoms with Gasteiger partial charge in [0.2, 0.25) is 5.88 Å². The van der Waals surface area contributed by atoms with E-state index < -0.39 is 11.3 Å². The second-order valence-corrected chi connectivity index (χ2v) is 6.53. The van der Waals surface area contributed by atoms with Gasteiger partial charge < -0.3 is 15.2 Å². The molecule has 1 aliphatic heterocycles. The molecule has 0 bridgehead atoms. The molecule has 124 valence electrons. The van der Waals surface area contributed by atoms with Crippen molar-refractivity contribution >= 4 is 0 Å². The van der Waals surface area contributed by atoms with Crippen LogP contribution >= 0.6 is 0 Å². The number of hydrogen-bond acceptors (Lipinski definition) is 5. The first-order chi connectivity index (χ1) is 11.3. The summed E-state index contributed by atoms with van der Waals surface area (Å²) in [4.78, 5) is 0. The molecule has 0 amide bonds. The molecule has 1 heterocycles. The zero-order valence-corrected chi connectivity index (χ0v) is 14.4. The number of nitrogens with two attached hydrogens (primary N) is 1. The van der Waals surface area contributed by atoms with Gasteiger partial charge in [-0.2, -0.15) is 10.5 Å². The molecule has 0 saturated carbocycles. The fraction of sp³-hybridized carbons (Fsp3) is 0.368. The maximum absolute atomic E-state index is 9.71. The largest absolute Gasteiger partial charge is 0.494 e. The molecule has 2 rings (SSSR count). The summed E-state index contributed by atoms with van der Waals surface area (Å²) in [5, 5.41) is 19.2. The van der Waals surface area contributed by atoms with Crippen LogP contribution in [0.25, 0.3) is 0 Å². The highest BCUT2D eigenvalue weighted by atomic mass is 16.5. The third-order valence-corrected chi connectivity index (χ3v) is 3.75. The molecule has 2 N–H and O–H groups in total. The molecule has 5 nitrogen and oxygen atoms in total. The number of hydrogen-bond donors (Lipinski definition) is 1. The number of nitriles is 2. The van der Waals surface area contributed by atoms with Crippen molar-refractivity contribution in [2.75, 3.05) is 6.61 Å². The molecule has 0 aromatic heterocycles. The Morgan fingerprint density at radius 2 is 1.71 bits per heavy atom. The van der Waals surface area contributed by atoms with Crippen LogP contribution in [-0.2, 0) is 4.74 Å². The number of ether oxygens (including phenoxy) is 2. The van der Waals surface area contributed by atoms with Crippen molar-refractivity contribution in [3.05, 3.63) is 52.6 Å². The van der Waals surface area contributed by atoms with Crippen LogP contribution in [0.4, 0.5) is 0 Å². The lowest BCUT2D eigenvalue weighted by Gasteiger charge is -2.32. The summed E-state index contributed by atoms with van der Waals surface area (Å²) in [5.41, 5.74) is 7.04. The Labute approximate surface area is 142 Å². The number of nitrogens with zero attached hydrogens (tertiary/aromatic N) is 2. The van der Waals surface area contributed by atoms with E-state index in [0.29, 0.717) is 17.9 Å². The van der Waals surface area contributed by atoms with Crippen molar-refractivity contribution in [3.63, 3.8) is 0 Å². The van der Waals surface area contributed by atoms with Crippen LogP contribution in [0.1, 0.15) is 39.2 Å². The van der Waals surface area contributed by atoms with Crippen LogP contribution in [0, 0.1) is 28.1 Å². The molecule has 0 saturated heterocycles. The van der Waals surface area contributed by atoms with E-state index in [1.54, 1.807) is 0 Å². The lowest BCUT2D eigenvalue weighted by Crippen LogP contribution is -2.26. The van der Waals surface area contributed by atoms with E-state index in [4.69, 9.17) is 15.2 Å². The predicted octanol–water partition coefficient (Wildman–Crippen LogP) is 3.72. The first kappa shape index (κ1) is 17.4. The molecule has 1 aromatic carbocycles. The van der Waals surface area contributed by atoms with Crippen LogP contribution in [0.2, 0.25) is 0 Å². The summed E-state index contributed by atoms with van der Waals surface area (Å²) >= 11 is 0. The molecule has 0 fully saturated rings. The maximum atomic E-state index is 9.71. The average molecular weight is 323 g/mol. The molecule has 5 heteroatoms. The average Bonchev–Trinajstić information content (AvgIpc) is 2.54. The van der Waals surface area contributed by atoms with Crippen LogP contribution in [-0.4, -0.2) is 6.61 Å². The Morgan fingerprint density at radius 3 is 2.17 bits per heavy atom. The molecular formula is C19H21N3O2. The van der Waals surface area contributed by atoms with Gasteiger partial charge in [0.25, 0.3) is 0 Å². The number of allylic oxidation sites excluding steroid dienone is 3. The van der Waals surface area contributed by atoms with Gasteiger partial charge in [-0.25, -0.2) is 0 Å². The van der Waals surface area contributed by atoms with E-state index in [9.17, 15) is 10.5 Å². The minimum atomic E-state index is -0.529. The monoisotopic (exact) mass is 323 g/mol. The van der Waals surface area contributed by atoms with Gasteiger partial charge in [-0.05, 0) is 24.6 Å². The SMILES string of the molecule is CCOc1ccc([C@@H]2C(C#N)=C(N)OC(C(C)(C)C)=C2C#N)cc1. The van der Waals surface area contributed by atoms with Gasteiger partial charge in [0.05, 0.1) is 24.2 Å². The summed E-state index contributed by atoms with van der Waals surface area (Å²) in [6, 6.07) is 11.7. The highest BCUT2D eigenvalue weighted by Gasteiger charge is 2.37. The Bertz CT molecular complexity index is 769. The second kappa shape index (κ2) is 6.68. The highest BCUT2D eigenvalue weighted by molar-refractivity contribution is 5.54. The third kappa shape index (κ3) is 3.21. The fourth-order valence-electron chi connectivity index (χ4n) is 2.69. The van der Waals surface area contributed by atoms with E-state index in [-0.39, 0.29) is 11.5 Å². The summed E-state index contributed by atoms with van der Waals surface area (Å²) in [7, 11) is 0. The summed E-state index contributed by atoms with van der Waals surface area (Å²) in [6.07, 6.45) is 0. The van der Waals surface area contributed by atoms with Crippen molar-refractivity contribution in [1.29, 1.82) is 10.5 Å². The van der Waals surface area contributed by atoms with Crippen LogP contribution in [0.5, 0.6) is 5.75 Å². The summed E-state index contributed by atoms with van der Waals surface area (Å²) < 4.78 is 11.1.